The molecule has 1 rings (SSSR count). The van der Waals surface area contributed by atoms with E-state index < -0.39 is 0 Å². The molecule has 1 N–H and O–H groups in total. The van der Waals surface area contributed by atoms with Crippen LogP contribution in [0.5, 0.6) is 5.75 Å². The fourth-order valence-electron chi connectivity index (χ4n) is 1.43. The molecule has 1 amide bonds. The molecular formula is C14H21NO2. The highest BCUT2D eigenvalue weighted by molar-refractivity contribution is 5.90. The Balaban J connectivity index is 2.36. The summed E-state index contributed by atoms with van der Waals surface area (Å²) in [5.41, 5.74) is 0.817. The summed E-state index contributed by atoms with van der Waals surface area (Å²) < 4.78 is 5.58. The number of hydrogen-bond donors (Lipinski definition) is 1. The van der Waals surface area contributed by atoms with Crippen molar-refractivity contribution in [3.8, 4) is 5.75 Å². The van der Waals surface area contributed by atoms with Gasteiger partial charge in [0.15, 0.2) is 0 Å². The minimum atomic E-state index is 0.0293. The monoisotopic (exact) mass is 235 g/mol. The Bertz CT molecular complexity index is 333. The molecule has 0 heterocycles. The maximum atomic E-state index is 11.2. The summed E-state index contributed by atoms with van der Waals surface area (Å²) in [4.78, 5) is 11.2. The highest BCUT2D eigenvalue weighted by Crippen LogP contribution is 2.16. The van der Waals surface area contributed by atoms with Crippen LogP contribution in [-0.4, -0.2) is 12.5 Å². The van der Waals surface area contributed by atoms with E-state index >= 15 is 0 Å². The molecule has 0 fully saturated rings. The van der Waals surface area contributed by atoms with E-state index in [1.54, 1.807) is 0 Å². The van der Waals surface area contributed by atoms with Gasteiger partial charge in [0, 0.05) is 12.1 Å². The number of benzene rings is 1. The minimum Gasteiger partial charge on any atom is -0.494 e. The highest BCUT2D eigenvalue weighted by Gasteiger charge is 1.99. The minimum absolute atomic E-state index is 0.0293. The van der Waals surface area contributed by atoms with Crippen LogP contribution in [0.2, 0.25) is 0 Å². The van der Waals surface area contributed by atoms with Crippen LogP contribution in [0.3, 0.4) is 0 Å². The van der Waals surface area contributed by atoms with Crippen molar-refractivity contribution in [1.29, 1.82) is 0 Å². The number of anilines is 1. The van der Waals surface area contributed by atoms with Crippen molar-refractivity contribution in [3.05, 3.63) is 24.3 Å². The predicted octanol–water partition coefficient (Wildman–Crippen LogP) is 3.60. The Morgan fingerprint density at radius 1 is 1.18 bits per heavy atom. The molecular weight excluding hydrogens is 214 g/mol. The average molecular weight is 235 g/mol. The average Bonchev–Trinajstić information content (AvgIpc) is 2.36. The Morgan fingerprint density at radius 2 is 1.88 bits per heavy atom. The molecule has 0 aliphatic rings. The van der Waals surface area contributed by atoms with Gasteiger partial charge < -0.3 is 10.1 Å². The summed E-state index contributed by atoms with van der Waals surface area (Å²) in [6.07, 6.45) is 3.98. The van der Waals surface area contributed by atoms with E-state index in [1.165, 1.54) is 12.8 Å². The molecule has 94 valence electrons. The van der Waals surface area contributed by atoms with Gasteiger partial charge in [-0.2, -0.15) is 0 Å². The number of ether oxygens (including phenoxy) is 1. The van der Waals surface area contributed by atoms with Crippen molar-refractivity contribution in [2.45, 2.75) is 39.5 Å². The second-order valence-electron chi connectivity index (χ2n) is 3.98. The Labute approximate surface area is 103 Å². The zero-order valence-electron chi connectivity index (χ0n) is 10.7. The summed E-state index contributed by atoms with van der Waals surface area (Å²) in [6.45, 7) is 4.76. The number of carbonyl (C=O) groups excluding carboxylic acids is 1. The van der Waals surface area contributed by atoms with Gasteiger partial charge in [-0.15, -0.1) is 0 Å². The van der Waals surface area contributed by atoms with E-state index in [9.17, 15) is 4.79 Å². The van der Waals surface area contributed by atoms with Crippen LogP contribution in [0.15, 0.2) is 24.3 Å². The zero-order valence-corrected chi connectivity index (χ0v) is 10.7. The smallest absolute Gasteiger partial charge is 0.224 e. The van der Waals surface area contributed by atoms with Gasteiger partial charge in [-0.25, -0.2) is 0 Å². The fraction of sp³-hybridized carbons (Fsp3) is 0.500. The topological polar surface area (TPSA) is 38.3 Å². The van der Waals surface area contributed by atoms with Crippen LogP contribution in [0, 0.1) is 0 Å². The molecule has 0 saturated heterocycles. The Kier molecular flexibility index (Phi) is 6.15. The number of amides is 1. The normalized spacial score (nSPS) is 10.0. The van der Waals surface area contributed by atoms with E-state index in [4.69, 9.17) is 4.74 Å². The predicted molar refractivity (Wildman–Crippen MR) is 70.4 cm³/mol. The summed E-state index contributed by atoms with van der Waals surface area (Å²) >= 11 is 0. The van der Waals surface area contributed by atoms with Crippen LogP contribution in [0.4, 0.5) is 5.69 Å². The van der Waals surface area contributed by atoms with E-state index in [1.807, 2.05) is 31.2 Å². The van der Waals surface area contributed by atoms with Gasteiger partial charge in [-0.3, -0.25) is 4.79 Å². The van der Waals surface area contributed by atoms with Crippen LogP contribution in [0.25, 0.3) is 0 Å². The third kappa shape index (κ3) is 5.38. The van der Waals surface area contributed by atoms with Gasteiger partial charge in [0.25, 0.3) is 0 Å². The number of nitrogens with one attached hydrogen (secondary N) is 1. The SMILES string of the molecule is CCCCCOc1ccc(NC(=O)CC)cc1. The maximum absolute atomic E-state index is 11.2. The number of rotatable bonds is 7. The van der Waals surface area contributed by atoms with Crippen LogP contribution < -0.4 is 10.1 Å². The lowest BCUT2D eigenvalue weighted by Crippen LogP contribution is -2.09. The lowest BCUT2D eigenvalue weighted by molar-refractivity contribution is -0.115. The van der Waals surface area contributed by atoms with Crippen molar-refractivity contribution in [1.82, 2.24) is 0 Å². The molecule has 0 aliphatic carbocycles. The van der Waals surface area contributed by atoms with Crippen LogP contribution >= 0.6 is 0 Å². The Hall–Kier alpha value is -1.51. The molecule has 0 saturated carbocycles. The van der Waals surface area contributed by atoms with E-state index in [0.717, 1.165) is 24.5 Å². The molecule has 0 aromatic heterocycles. The second-order valence-corrected chi connectivity index (χ2v) is 3.98. The number of carbonyl (C=O) groups is 1. The van der Waals surface area contributed by atoms with Gasteiger partial charge in [0.05, 0.1) is 6.61 Å². The summed E-state index contributed by atoms with van der Waals surface area (Å²) in [5, 5.41) is 2.80. The first-order valence-electron chi connectivity index (χ1n) is 6.29. The quantitative estimate of drug-likeness (QED) is 0.733. The lowest BCUT2D eigenvalue weighted by atomic mass is 10.2. The Morgan fingerprint density at radius 3 is 2.47 bits per heavy atom. The van der Waals surface area contributed by atoms with Gasteiger partial charge in [0.1, 0.15) is 5.75 Å². The first-order chi connectivity index (χ1) is 8.26. The van der Waals surface area contributed by atoms with Gasteiger partial charge >= 0.3 is 0 Å². The van der Waals surface area contributed by atoms with Gasteiger partial charge in [0.2, 0.25) is 5.91 Å². The molecule has 0 unspecified atom stereocenters. The first-order valence-corrected chi connectivity index (χ1v) is 6.29. The van der Waals surface area contributed by atoms with Crippen LogP contribution in [-0.2, 0) is 4.79 Å². The summed E-state index contributed by atoms with van der Waals surface area (Å²) in [5.74, 6) is 0.886. The lowest BCUT2D eigenvalue weighted by Gasteiger charge is -2.07. The molecule has 3 nitrogen and oxygen atoms in total. The van der Waals surface area contributed by atoms with E-state index in [-0.39, 0.29) is 5.91 Å². The van der Waals surface area contributed by atoms with Crippen molar-refractivity contribution in [3.63, 3.8) is 0 Å². The summed E-state index contributed by atoms with van der Waals surface area (Å²) in [7, 11) is 0. The fourth-order valence-corrected chi connectivity index (χ4v) is 1.43. The maximum Gasteiger partial charge on any atom is 0.224 e. The molecule has 1 aromatic rings. The standard InChI is InChI=1S/C14H21NO2/c1-3-5-6-11-17-13-9-7-12(8-10-13)15-14(16)4-2/h7-10H,3-6,11H2,1-2H3,(H,15,16). The molecule has 1 aromatic carbocycles. The van der Waals surface area contributed by atoms with Gasteiger partial charge in [-0.05, 0) is 30.7 Å². The van der Waals surface area contributed by atoms with Gasteiger partial charge in [-0.1, -0.05) is 26.7 Å². The second kappa shape index (κ2) is 7.71. The molecule has 0 bridgehead atoms. The van der Waals surface area contributed by atoms with Crippen molar-refractivity contribution in [2.24, 2.45) is 0 Å². The largest absolute Gasteiger partial charge is 0.494 e. The molecule has 0 atom stereocenters. The molecule has 0 spiro atoms. The van der Waals surface area contributed by atoms with E-state index in [2.05, 4.69) is 12.2 Å². The third-order valence-electron chi connectivity index (χ3n) is 2.48. The molecule has 0 aliphatic heterocycles. The van der Waals surface area contributed by atoms with Crippen molar-refractivity contribution < 1.29 is 9.53 Å². The molecule has 0 radical (unpaired) electrons. The first kappa shape index (κ1) is 13.6. The highest BCUT2D eigenvalue weighted by atomic mass is 16.5. The van der Waals surface area contributed by atoms with Crippen molar-refractivity contribution in [2.75, 3.05) is 11.9 Å². The summed E-state index contributed by atoms with van der Waals surface area (Å²) in [6, 6.07) is 7.50. The third-order valence-corrected chi connectivity index (χ3v) is 2.48. The number of unbranched alkanes of at least 4 members (excludes halogenated alkanes) is 2. The zero-order chi connectivity index (χ0) is 12.5. The van der Waals surface area contributed by atoms with Crippen molar-refractivity contribution >= 4 is 11.6 Å². The van der Waals surface area contributed by atoms with E-state index in [0.29, 0.717) is 6.42 Å². The van der Waals surface area contributed by atoms with Crippen LogP contribution in [0.1, 0.15) is 39.5 Å². The molecule has 3 heteroatoms. The number of hydrogen-bond acceptors (Lipinski definition) is 2. The molecule has 17 heavy (non-hydrogen) atoms.